The summed E-state index contributed by atoms with van der Waals surface area (Å²) in [6.07, 6.45) is 3.42. The van der Waals surface area contributed by atoms with E-state index in [0.717, 1.165) is 16.8 Å². The molecule has 0 radical (unpaired) electrons. The number of imidazole rings is 1. The zero-order chi connectivity index (χ0) is 16.1. The van der Waals surface area contributed by atoms with Gasteiger partial charge in [-0.25, -0.2) is 4.98 Å². The zero-order valence-corrected chi connectivity index (χ0v) is 12.9. The minimum atomic E-state index is -0.181. The molecule has 0 fully saturated rings. The Labute approximate surface area is 135 Å². The van der Waals surface area contributed by atoms with Crippen LogP contribution in [0, 0.1) is 11.3 Å². The standard InChI is InChI=1S/C19H17N3O/c1-22-14-21-12-18(22)19(17-5-3-2-4-6-17)23-13-16-9-7-15(11-20)8-10-16/h2-10,12,14,19H,13H2,1H3. The lowest BCUT2D eigenvalue weighted by molar-refractivity contribution is 0.0622. The number of ether oxygens (including phenoxy) is 1. The number of aromatic nitrogens is 2. The van der Waals surface area contributed by atoms with Gasteiger partial charge in [0.05, 0.1) is 36.5 Å². The fraction of sp³-hybridized carbons (Fsp3) is 0.158. The van der Waals surface area contributed by atoms with E-state index in [-0.39, 0.29) is 6.10 Å². The van der Waals surface area contributed by atoms with Crippen molar-refractivity contribution in [3.8, 4) is 6.07 Å². The summed E-state index contributed by atoms with van der Waals surface area (Å²) in [4.78, 5) is 4.19. The first-order valence-electron chi connectivity index (χ1n) is 7.40. The number of benzene rings is 2. The molecular formula is C19H17N3O. The second kappa shape index (κ2) is 6.91. The molecule has 2 aromatic carbocycles. The quantitative estimate of drug-likeness (QED) is 0.723. The van der Waals surface area contributed by atoms with Gasteiger partial charge in [0.25, 0.3) is 0 Å². The summed E-state index contributed by atoms with van der Waals surface area (Å²) in [6.45, 7) is 0.469. The van der Waals surface area contributed by atoms with Crippen LogP contribution in [0.3, 0.4) is 0 Å². The van der Waals surface area contributed by atoms with Crippen LogP contribution in [0.4, 0.5) is 0 Å². The highest BCUT2D eigenvalue weighted by atomic mass is 16.5. The summed E-state index contributed by atoms with van der Waals surface area (Å²) in [7, 11) is 1.96. The van der Waals surface area contributed by atoms with Gasteiger partial charge in [-0.05, 0) is 23.3 Å². The molecule has 0 aliphatic heterocycles. The van der Waals surface area contributed by atoms with Gasteiger partial charge in [0.15, 0.2) is 0 Å². The minimum absolute atomic E-state index is 0.181. The molecule has 1 aromatic heterocycles. The topological polar surface area (TPSA) is 50.8 Å². The van der Waals surface area contributed by atoms with Crippen LogP contribution in [0.2, 0.25) is 0 Å². The number of rotatable bonds is 5. The van der Waals surface area contributed by atoms with Crippen molar-refractivity contribution >= 4 is 0 Å². The molecule has 0 spiro atoms. The predicted octanol–water partition coefficient (Wildman–Crippen LogP) is 3.60. The molecule has 0 amide bonds. The van der Waals surface area contributed by atoms with Crippen molar-refractivity contribution in [2.24, 2.45) is 7.05 Å². The summed E-state index contributed by atoms with van der Waals surface area (Å²) < 4.78 is 8.14. The van der Waals surface area contributed by atoms with Gasteiger partial charge in [-0.3, -0.25) is 0 Å². The Kier molecular flexibility index (Phi) is 4.51. The summed E-state index contributed by atoms with van der Waals surface area (Å²) in [5.41, 5.74) is 3.78. The van der Waals surface area contributed by atoms with Crippen LogP contribution < -0.4 is 0 Å². The Morgan fingerprint density at radius 2 is 1.87 bits per heavy atom. The van der Waals surface area contributed by atoms with Gasteiger partial charge >= 0.3 is 0 Å². The van der Waals surface area contributed by atoms with Crippen molar-refractivity contribution in [2.45, 2.75) is 12.7 Å². The Hall–Kier alpha value is -2.90. The van der Waals surface area contributed by atoms with Crippen LogP contribution >= 0.6 is 0 Å². The summed E-state index contributed by atoms with van der Waals surface area (Å²) in [6, 6.07) is 19.7. The van der Waals surface area contributed by atoms with E-state index in [9.17, 15) is 0 Å². The summed E-state index contributed by atoms with van der Waals surface area (Å²) in [5.74, 6) is 0. The molecule has 4 heteroatoms. The van der Waals surface area contributed by atoms with Crippen LogP contribution in [0.25, 0.3) is 0 Å². The fourth-order valence-corrected chi connectivity index (χ4v) is 2.46. The molecule has 1 unspecified atom stereocenters. The lowest BCUT2D eigenvalue weighted by Crippen LogP contribution is -2.10. The molecule has 1 atom stereocenters. The number of hydrogen-bond donors (Lipinski definition) is 0. The molecule has 3 aromatic rings. The van der Waals surface area contributed by atoms with Crippen LogP contribution in [0.1, 0.15) is 28.5 Å². The molecule has 0 bridgehead atoms. The number of nitriles is 1. The fourth-order valence-electron chi connectivity index (χ4n) is 2.46. The second-order valence-electron chi connectivity index (χ2n) is 5.34. The predicted molar refractivity (Wildman–Crippen MR) is 87.4 cm³/mol. The lowest BCUT2D eigenvalue weighted by atomic mass is 10.1. The highest BCUT2D eigenvalue weighted by Crippen LogP contribution is 2.26. The molecule has 1 heterocycles. The maximum absolute atomic E-state index is 8.86. The van der Waals surface area contributed by atoms with Gasteiger partial charge in [0, 0.05) is 7.05 Å². The van der Waals surface area contributed by atoms with E-state index >= 15 is 0 Å². The number of hydrogen-bond acceptors (Lipinski definition) is 3. The molecule has 3 rings (SSSR count). The van der Waals surface area contributed by atoms with Gasteiger partial charge < -0.3 is 9.30 Å². The molecule has 4 nitrogen and oxygen atoms in total. The maximum Gasteiger partial charge on any atom is 0.124 e. The maximum atomic E-state index is 8.86. The molecule has 0 aliphatic rings. The van der Waals surface area contributed by atoms with E-state index < -0.39 is 0 Å². The van der Waals surface area contributed by atoms with E-state index in [1.807, 2.05) is 48.1 Å². The molecule has 114 valence electrons. The Morgan fingerprint density at radius 3 is 2.48 bits per heavy atom. The first-order chi connectivity index (χ1) is 11.3. The van der Waals surface area contributed by atoms with E-state index in [0.29, 0.717) is 12.2 Å². The van der Waals surface area contributed by atoms with Gasteiger partial charge in [0.1, 0.15) is 6.10 Å². The first kappa shape index (κ1) is 15.0. The molecule has 0 N–H and O–H groups in total. The van der Waals surface area contributed by atoms with Gasteiger partial charge in [0.2, 0.25) is 0 Å². The Bertz CT molecular complexity index is 801. The molecule has 0 aliphatic carbocycles. The van der Waals surface area contributed by atoms with Crippen LogP contribution in [-0.4, -0.2) is 9.55 Å². The SMILES string of the molecule is Cn1cncc1C(OCc1ccc(C#N)cc1)c1ccccc1. The van der Waals surface area contributed by atoms with E-state index in [1.165, 1.54) is 0 Å². The smallest absolute Gasteiger partial charge is 0.124 e. The van der Waals surface area contributed by atoms with Crippen molar-refractivity contribution in [1.82, 2.24) is 9.55 Å². The van der Waals surface area contributed by atoms with Gasteiger partial charge in [-0.15, -0.1) is 0 Å². The van der Waals surface area contributed by atoms with Crippen molar-refractivity contribution in [3.05, 3.63) is 89.5 Å². The highest BCUT2D eigenvalue weighted by Gasteiger charge is 2.18. The van der Waals surface area contributed by atoms with Crippen molar-refractivity contribution in [2.75, 3.05) is 0 Å². The molecule has 0 saturated carbocycles. The second-order valence-corrected chi connectivity index (χ2v) is 5.34. The van der Waals surface area contributed by atoms with E-state index in [2.05, 4.69) is 23.2 Å². The lowest BCUT2D eigenvalue weighted by Gasteiger charge is -2.19. The summed E-state index contributed by atoms with van der Waals surface area (Å²) >= 11 is 0. The monoisotopic (exact) mass is 303 g/mol. The van der Waals surface area contributed by atoms with E-state index in [1.54, 1.807) is 18.5 Å². The average Bonchev–Trinajstić information content (AvgIpc) is 3.03. The third-order valence-electron chi connectivity index (χ3n) is 3.72. The third-order valence-corrected chi connectivity index (χ3v) is 3.72. The molecule has 0 saturated heterocycles. The van der Waals surface area contributed by atoms with Crippen molar-refractivity contribution in [1.29, 1.82) is 5.26 Å². The summed E-state index contributed by atoms with van der Waals surface area (Å²) in [5, 5.41) is 8.86. The average molecular weight is 303 g/mol. The van der Waals surface area contributed by atoms with Crippen molar-refractivity contribution < 1.29 is 4.74 Å². The number of nitrogens with zero attached hydrogens (tertiary/aromatic N) is 3. The number of aryl methyl sites for hydroxylation is 1. The first-order valence-corrected chi connectivity index (χ1v) is 7.40. The van der Waals surface area contributed by atoms with Crippen molar-refractivity contribution in [3.63, 3.8) is 0 Å². The van der Waals surface area contributed by atoms with Gasteiger partial charge in [-0.2, -0.15) is 5.26 Å². The Morgan fingerprint density at radius 1 is 1.13 bits per heavy atom. The minimum Gasteiger partial charge on any atom is -0.363 e. The molecule has 23 heavy (non-hydrogen) atoms. The Balaban J connectivity index is 1.82. The third kappa shape index (κ3) is 3.47. The van der Waals surface area contributed by atoms with Crippen LogP contribution in [-0.2, 0) is 18.4 Å². The van der Waals surface area contributed by atoms with E-state index in [4.69, 9.17) is 10.00 Å². The highest BCUT2D eigenvalue weighted by molar-refractivity contribution is 5.31. The van der Waals surface area contributed by atoms with Crippen LogP contribution in [0.15, 0.2) is 67.1 Å². The zero-order valence-electron chi connectivity index (χ0n) is 12.9. The largest absolute Gasteiger partial charge is 0.363 e. The van der Waals surface area contributed by atoms with Gasteiger partial charge in [-0.1, -0.05) is 42.5 Å². The van der Waals surface area contributed by atoms with Crippen LogP contribution in [0.5, 0.6) is 0 Å². The molecular weight excluding hydrogens is 286 g/mol. The normalized spacial score (nSPS) is 11.8.